The van der Waals surface area contributed by atoms with Gasteiger partial charge in [0.1, 0.15) is 11.6 Å². The molecule has 7 heteroatoms. The third-order valence-corrected chi connectivity index (χ3v) is 5.51. The lowest BCUT2D eigenvalue weighted by Crippen LogP contribution is -2.26. The van der Waals surface area contributed by atoms with E-state index in [1.165, 1.54) is 0 Å². The van der Waals surface area contributed by atoms with Crippen molar-refractivity contribution in [2.45, 2.75) is 13.1 Å². The van der Waals surface area contributed by atoms with E-state index in [4.69, 9.17) is 4.74 Å². The van der Waals surface area contributed by atoms with Crippen LogP contribution in [0.5, 0.6) is 5.75 Å². The van der Waals surface area contributed by atoms with Crippen molar-refractivity contribution in [3.05, 3.63) is 71.4 Å². The first-order valence-corrected chi connectivity index (χ1v) is 10.4. The predicted molar refractivity (Wildman–Crippen MR) is 125 cm³/mol. The van der Waals surface area contributed by atoms with Gasteiger partial charge < -0.3 is 15.0 Å². The van der Waals surface area contributed by atoms with E-state index in [1.807, 2.05) is 54.4 Å². The van der Waals surface area contributed by atoms with Crippen molar-refractivity contribution in [3.63, 3.8) is 0 Å². The fraction of sp³-hybridized carbons (Fsp3) is 0.240. The highest BCUT2D eigenvalue weighted by Crippen LogP contribution is 2.29. The van der Waals surface area contributed by atoms with E-state index in [9.17, 15) is 9.59 Å². The fourth-order valence-corrected chi connectivity index (χ4v) is 3.90. The first-order chi connectivity index (χ1) is 15.4. The standard InChI is InChI=1S/C25H26N4O3/c1-28-14-19-12-17(13-26-25(19)27-23(30)16-28)8-11-24(31)29(2)15-21-20-7-5-4-6-18(20)9-10-22(21)32-3/h4-13H,14-16H2,1-3H3,(H,26,27,30). The Balaban J connectivity index is 1.51. The van der Waals surface area contributed by atoms with E-state index < -0.39 is 0 Å². The van der Waals surface area contributed by atoms with Gasteiger partial charge >= 0.3 is 0 Å². The maximum absolute atomic E-state index is 12.8. The van der Waals surface area contributed by atoms with Crippen LogP contribution in [0, 0.1) is 0 Å². The smallest absolute Gasteiger partial charge is 0.246 e. The molecule has 0 unspecified atom stereocenters. The molecule has 0 bridgehead atoms. The SMILES string of the molecule is COc1ccc2ccccc2c1CN(C)C(=O)C=Cc1cnc2c(c1)CN(C)CC(=O)N2. The molecule has 2 aromatic carbocycles. The first kappa shape index (κ1) is 21.5. The highest BCUT2D eigenvalue weighted by Gasteiger charge is 2.18. The van der Waals surface area contributed by atoms with Crippen molar-refractivity contribution in [1.82, 2.24) is 14.8 Å². The second-order valence-electron chi connectivity index (χ2n) is 7.99. The minimum absolute atomic E-state index is 0.0808. The van der Waals surface area contributed by atoms with Crippen LogP contribution in [0.25, 0.3) is 16.8 Å². The Morgan fingerprint density at radius 3 is 2.88 bits per heavy atom. The van der Waals surface area contributed by atoms with Gasteiger partial charge in [0.15, 0.2) is 0 Å². The number of hydrogen-bond donors (Lipinski definition) is 1. The third kappa shape index (κ3) is 4.63. The van der Waals surface area contributed by atoms with Crippen LogP contribution in [0.3, 0.4) is 0 Å². The van der Waals surface area contributed by atoms with Crippen molar-refractivity contribution in [1.29, 1.82) is 0 Å². The molecule has 0 saturated heterocycles. The van der Waals surface area contributed by atoms with Crippen LogP contribution in [-0.4, -0.2) is 54.3 Å². The van der Waals surface area contributed by atoms with E-state index in [0.717, 1.165) is 33.2 Å². The van der Waals surface area contributed by atoms with Gasteiger partial charge in [0.25, 0.3) is 0 Å². The lowest BCUT2D eigenvalue weighted by Gasteiger charge is -2.19. The van der Waals surface area contributed by atoms with Crippen LogP contribution in [0.1, 0.15) is 16.7 Å². The molecule has 2 heterocycles. The van der Waals surface area contributed by atoms with Crippen molar-refractivity contribution in [2.75, 3.05) is 33.1 Å². The van der Waals surface area contributed by atoms with Crippen LogP contribution >= 0.6 is 0 Å². The molecule has 3 aromatic rings. The number of ether oxygens (including phenoxy) is 1. The molecule has 0 fully saturated rings. The van der Waals surface area contributed by atoms with Crippen LogP contribution in [0.2, 0.25) is 0 Å². The molecule has 1 N–H and O–H groups in total. The van der Waals surface area contributed by atoms with Gasteiger partial charge in [0.2, 0.25) is 11.8 Å². The summed E-state index contributed by atoms with van der Waals surface area (Å²) in [6.45, 7) is 1.35. The average molecular weight is 431 g/mol. The summed E-state index contributed by atoms with van der Waals surface area (Å²) in [5.41, 5.74) is 2.69. The number of likely N-dealkylation sites (N-methyl/N-ethyl adjacent to an activating group) is 2. The van der Waals surface area contributed by atoms with Crippen molar-refractivity contribution >= 4 is 34.5 Å². The molecule has 0 saturated carbocycles. The van der Waals surface area contributed by atoms with E-state index >= 15 is 0 Å². The number of methoxy groups -OCH3 is 1. The van der Waals surface area contributed by atoms with E-state index in [0.29, 0.717) is 25.5 Å². The molecule has 1 aliphatic rings. The molecule has 0 aliphatic carbocycles. The van der Waals surface area contributed by atoms with Gasteiger partial charge in [0, 0.05) is 43.5 Å². The lowest BCUT2D eigenvalue weighted by molar-refractivity contribution is -0.125. The van der Waals surface area contributed by atoms with Gasteiger partial charge in [-0.1, -0.05) is 30.3 Å². The van der Waals surface area contributed by atoms with Crippen molar-refractivity contribution < 1.29 is 14.3 Å². The van der Waals surface area contributed by atoms with Gasteiger partial charge in [-0.2, -0.15) is 0 Å². The Hall–Kier alpha value is -3.71. The number of pyridine rings is 1. The summed E-state index contributed by atoms with van der Waals surface area (Å²) < 4.78 is 5.54. The molecule has 32 heavy (non-hydrogen) atoms. The molecule has 0 atom stereocenters. The topological polar surface area (TPSA) is 74.8 Å². The molecule has 2 amide bonds. The first-order valence-electron chi connectivity index (χ1n) is 10.4. The zero-order valence-corrected chi connectivity index (χ0v) is 18.5. The molecular weight excluding hydrogens is 404 g/mol. The summed E-state index contributed by atoms with van der Waals surface area (Å²) in [5.74, 6) is 1.12. The number of amides is 2. The Labute approximate surface area is 187 Å². The molecule has 7 nitrogen and oxygen atoms in total. The van der Waals surface area contributed by atoms with E-state index in [1.54, 1.807) is 37.4 Å². The van der Waals surface area contributed by atoms with Gasteiger partial charge in [0.05, 0.1) is 13.7 Å². The largest absolute Gasteiger partial charge is 0.496 e. The van der Waals surface area contributed by atoms with Gasteiger partial charge in [-0.25, -0.2) is 4.98 Å². The summed E-state index contributed by atoms with van der Waals surface area (Å²) in [5, 5.41) is 4.98. The number of hydrogen-bond acceptors (Lipinski definition) is 5. The van der Waals surface area contributed by atoms with Crippen molar-refractivity contribution in [2.24, 2.45) is 0 Å². The fourth-order valence-electron chi connectivity index (χ4n) is 3.90. The molecule has 4 rings (SSSR count). The third-order valence-electron chi connectivity index (χ3n) is 5.51. The molecule has 1 aliphatic heterocycles. The molecular formula is C25H26N4O3. The Kier molecular flexibility index (Phi) is 6.18. The highest BCUT2D eigenvalue weighted by atomic mass is 16.5. The number of carbonyl (C=O) groups excluding carboxylic acids is 2. The number of anilines is 1. The second-order valence-corrected chi connectivity index (χ2v) is 7.99. The monoisotopic (exact) mass is 430 g/mol. The van der Waals surface area contributed by atoms with Crippen LogP contribution in [0.15, 0.2) is 54.7 Å². The predicted octanol–water partition coefficient (Wildman–Crippen LogP) is 3.30. The van der Waals surface area contributed by atoms with Gasteiger partial charge in [-0.3, -0.25) is 14.5 Å². The minimum Gasteiger partial charge on any atom is -0.496 e. The Morgan fingerprint density at radius 1 is 1.25 bits per heavy atom. The van der Waals surface area contributed by atoms with E-state index in [2.05, 4.69) is 10.3 Å². The van der Waals surface area contributed by atoms with E-state index in [-0.39, 0.29) is 11.8 Å². The summed E-state index contributed by atoms with van der Waals surface area (Å²) in [4.78, 5) is 32.6. The van der Waals surface area contributed by atoms with Gasteiger partial charge in [-0.05, 0) is 41.6 Å². The Bertz CT molecular complexity index is 1210. The number of nitrogens with zero attached hydrogens (tertiary/aromatic N) is 3. The van der Waals surface area contributed by atoms with Gasteiger partial charge in [-0.15, -0.1) is 0 Å². The van der Waals surface area contributed by atoms with Crippen LogP contribution in [-0.2, 0) is 22.7 Å². The highest BCUT2D eigenvalue weighted by molar-refractivity contribution is 5.94. The van der Waals surface area contributed by atoms with Crippen LogP contribution in [0.4, 0.5) is 5.82 Å². The maximum atomic E-state index is 12.8. The maximum Gasteiger partial charge on any atom is 0.246 e. The molecule has 164 valence electrons. The number of rotatable bonds is 5. The number of carbonyl (C=O) groups is 2. The average Bonchev–Trinajstić information content (AvgIpc) is 2.93. The summed E-state index contributed by atoms with van der Waals surface area (Å²) >= 11 is 0. The van der Waals surface area contributed by atoms with Crippen molar-refractivity contribution in [3.8, 4) is 5.75 Å². The zero-order valence-electron chi connectivity index (χ0n) is 18.5. The molecule has 0 spiro atoms. The Morgan fingerprint density at radius 2 is 2.06 bits per heavy atom. The number of fused-ring (bicyclic) bond motifs is 2. The number of benzene rings is 2. The number of nitrogens with one attached hydrogen (secondary N) is 1. The minimum atomic E-state index is -0.125. The molecule has 0 radical (unpaired) electrons. The lowest BCUT2D eigenvalue weighted by atomic mass is 10.0. The summed E-state index contributed by atoms with van der Waals surface area (Å²) in [6, 6.07) is 14.0. The molecule has 1 aromatic heterocycles. The summed E-state index contributed by atoms with van der Waals surface area (Å²) in [7, 11) is 5.30. The number of aromatic nitrogens is 1. The zero-order chi connectivity index (χ0) is 22.7. The quantitative estimate of drug-likeness (QED) is 0.629. The normalized spacial score (nSPS) is 14.2. The second kappa shape index (κ2) is 9.20. The van der Waals surface area contributed by atoms with Crippen LogP contribution < -0.4 is 10.1 Å². The summed E-state index contributed by atoms with van der Waals surface area (Å²) in [6.07, 6.45) is 4.95.